The van der Waals surface area contributed by atoms with Crippen LogP contribution < -0.4 is 0 Å². The highest BCUT2D eigenvalue weighted by Crippen LogP contribution is 2.34. The highest BCUT2D eigenvalue weighted by Gasteiger charge is 2.30. The summed E-state index contributed by atoms with van der Waals surface area (Å²) in [6.07, 6.45) is 2.53. The molecule has 2 atom stereocenters. The molecular weight excluding hydrogens is 344 g/mol. The standard InChI is InChI=1S/C21H22N2O2S/c1-14-20-18(17-8-3-4-9-19(17)22-20)10-11-23(14)21(24)16-7-5-6-15(12-16)13-26(2)25/h3-9,12,14,22H,10-11,13H2,1-2H3/t14-,26+/m1/s1. The van der Waals surface area contributed by atoms with Crippen LogP contribution in [0.5, 0.6) is 0 Å². The number of rotatable bonds is 3. The lowest BCUT2D eigenvalue weighted by atomic mass is 9.97. The summed E-state index contributed by atoms with van der Waals surface area (Å²) in [6, 6.07) is 15.8. The van der Waals surface area contributed by atoms with Gasteiger partial charge in [-0.2, -0.15) is 0 Å². The van der Waals surface area contributed by atoms with Crippen molar-refractivity contribution in [3.63, 3.8) is 0 Å². The SMILES string of the molecule is C[C@@H]1c2[nH]c3ccccc3c2CCN1C(=O)c1cccc(C[S@](C)=O)c1. The van der Waals surface area contributed by atoms with E-state index in [9.17, 15) is 9.00 Å². The van der Waals surface area contributed by atoms with Crippen LogP contribution in [-0.4, -0.2) is 32.8 Å². The summed E-state index contributed by atoms with van der Waals surface area (Å²) in [5, 5.41) is 1.26. The number of nitrogens with one attached hydrogen (secondary N) is 1. The average Bonchev–Trinajstić information content (AvgIpc) is 3.01. The van der Waals surface area contributed by atoms with E-state index in [1.54, 1.807) is 6.26 Å². The Labute approximate surface area is 155 Å². The minimum atomic E-state index is -0.919. The van der Waals surface area contributed by atoms with Crippen LogP contribution in [-0.2, 0) is 23.0 Å². The molecular formula is C21H22N2O2S. The number of carbonyl (C=O) groups is 1. The number of H-pyrrole nitrogens is 1. The highest BCUT2D eigenvalue weighted by molar-refractivity contribution is 7.83. The van der Waals surface area contributed by atoms with Gasteiger partial charge in [0.15, 0.2) is 0 Å². The largest absolute Gasteiger partial charge is 0.356 e. The molecule has 4 rings (SSSR count). The average molecular weight is 366 g/mol. The summed E-state index contributed by atoms with van der Waals surface area (Å²) >= 11 is 0. The molecule has 0 aliphatic carbocycles. The fourth-order valence-corrected chi connectivity index (χ4v) is 4.55. The lowest BCUT2D eigenvalue weighted by molar-refractivity contribution is 0.0674. The number of amides is 1. The molecule has 0 saturated carbocycles. The highest BCUT2D eigenvalue weighted by atomic mass is 32.2. The van der Waals surface area contributed by atoms with Crippen LogP contribution >= 0.6 is 0 Å². The second-order valence-electron chi connectivity index (χ2n) is 6.91. The molecule has 1 N–H and O–H groups in total. The predicted octanol–water partition coefficient (Wildman–Crippen LogP) is 3.81. The molecule has 1 aliphatic rings. The van der Waals surface area contributed by atoms with Crippen molar-refractivity contribution in [2.24, 2.45) is 0 Å². The summed E-state index contributed by atoms with van der Waals surface area (Å²) in [7, 11) is -0.919. The van der Waals surface area contributed by atoms with Crippen molar-refractivity contribution >= 4 is 27.6 Å². The molecule has 1 amide bonds. The lowest BCUT2D eigenvalue weighted by Gasteiger charge is -2.33. The second-order valence-corrected chi connectivity index (χ2v) is 8.34. The van der Waals surface area contributed by atoms with E-state index in [-0.39, 0.29) is 11.9 Å². The lowest BCUT2D eigenvalue weighted by Crippen LogP contribution is -2.38. The fraction of sp³-hybridized carbons (Fsp3) is 0.286. The summed E-state index contributed by atoms with van der Waals surface area (Å²) in [5.41, 5.74) is 5.20. The van der Waals surface area contributed by atoms with E-state index < -0.39 is 10.8 Å². The number of nitrogens with zero attached hydrogens (tertiary/aromatic N) is 1. The van der Waals surface area contributed by atoms with E-state index >= 15 is 0 Å². The smallest absolute Gasteiger partial charge is 0.254 e. The molecule has 0 bridgehead atoms. The van der Waals surface area contributed by atoms with E-state index in [0.717, 1.165) is 23.2 Å². The third kappa shape index (κ3) is 2.97. The minimum absolute atomic E-state index is 0.00242. The molecule has 2 aromatic carbocycles. The number of aromatic nitrogens is 1. The molecule has 0 spiro atoms. The van der Waals surface area contributed by atoms with Gasteiger partial charge < -0.3 is 9.88 Å². The van der Waals surface area contributed by atoms with Gasteiger partial charge >= 0.3 is 0 Å². The Kier molecular flexibility index (Phi) is 4.41. The molecule has 2 heterocycles. The summed E-state index contributed by atoms with van der Waals surface area (Å²) in [4.78, 5) is 18.5. The van der Waals surface area contributed by atoms with E-state index in [1.807, 2.05) is 35.2 Å². The molecule has 1 aromatic heterocycles. The number of hydrogen-bond donors (Lipinski definition) is 1. The Bertz CT molecular complexity index is 1010. The molecule has 1 aliphatic heterocycles. The van der Waals surface area contributed by atoms with Gasteiger partial charge in [0.25, 0.3) is 5.91 Å². The Hall–Kier alpha value is -2.40. The van der Waals surface area contributed by atoms with Crippen molar-refractivity contribution in [2.45, 2.75) is 25.1 Å². The van der Waals surface area contributed by atoms with Gasteiger partial charge in [-0.05, 0) is 42.7 Å². The van der Waals surface area contributed by atoms with Crippen LogP contribution in [0.2, 0.25) is 0 Å². The van der Waals surface area contributed by atoms with Gasteiger partial charge in [-0.25, -0.2) is 0 Å². The van der Waals surface area contributed by atoms with Crippen molar-refractivity contribution in [3.8, 4) is 0 Å². The first-order valence-electron chi connectivity index (χ1n) is 8.84. The van der Waals surface area contributed by atoms with E-state index in [0.29, 0.717) is 17.9 Å². The molecule has 4 nitrogen and oxygen atoms in total. The third-order valence-corrected chi connectivity index (χ3v) is 5.88. The maximum atomic E-state index is 13.1. The van der Waals surface area contributed by atoms with E-state index in [2.05, 4.69) is 30.1 Å². The Morgan fingerprint density at radius 2 is 2.04 bits per heavy atom. The quantitative estimate of drug-likeness (QED) is 0.766. The van der Waals surface area contributed by atoms with Crippen molar-refractivity contribution in [1.29, 1.82) is 0 Å². The van der Waals surface area contributed by atoms with Crippen molar-refractivity contribution < 1.29 is 9.00 Å². The number of carbonyl (C=O) groups excluding carboxylic acids is 1. The topological polar surface area (TPSA) is 53.2 Å². The van der Waals surface area contributed by atoms with Crippen LogP contribution in [0.3, 0.4) is 0 Å². The second kappa shape index (κ2) is 6.72. The summed E-state index contributed by atoms with van der Waals surface area (Å²) in [5.74, 6) is 0.508. The van der Waals surface area contributed by atoms with Gasteiger partial charge in [0.2, 0.25) is 0 Å². The summed E-state index contributed by atoms with van der Waals surface area (Å²) in [6.45, 7) is 2.79. The van der Waals surface area contributed by atoms with Crippen LogP contribution in [0.15, 0.2) is 48.5 Å². The molecule has 3 aromatic rings. The molecule has 5 heteroatoms. The van der Waals surface area contributed by atoms with E-state index in [1.165, 1.54) is 10.9 Å². The predicted molar refractivity (Wildman–Crippen MR) is 106 cm³/mol. The molecule has 0 unspecified atom stereocenters. The van der Waals surface area contributed by atoms with Gasteiger partial charge in [0, 0.05) is 51.5 Å². The van der Waals surface area contributed by atoms with Gasteiger partial charge in [-0.1, -0.05) is 30.3 Å². The van der Waals surface area contributed by atoms with Crippen LogP contribution in [0.4, 0.5) is 0 Å². The molecule has 134 valence electrons. The normalized spacial score (nSPS) is 17.9. The van der Waals surface area contributed by atoms with Crippen LogP contribution in [0, 0.1) is 0 Å². The first kappa shape index (κ1) is 17.0. The van der Waals surface area contributed by atoms with Gasteiger partial charge in [0.05, 0.1) is 6.04 Å². The number of fused-ring (bicyclic) bond motifs is 3. The molecule has 26 heavy (non-hydrogen) atoms. The van der Waals surface area contributed by atoms with Crippen molar-refractivity contribution in [3.05, 3.63) is 70.9 Å². The van der Waals surface area contributed by atoms with Crippen molar-refractivity contribution in [1.82, 2.24) is 9.88 Å². The van der Waals surface area contributed by atoms with Gasteiger partial charge in [0.1, 0.15) is 0 Å². The molecule has 0 saturated heterocycles. The Morgan fingerprint density at radius 3 is 2.85 bits per heavy atom. The number of hydrogen-bond acceptors (Lipinski definition) is 2. The van der Waals surface area contributed by atoms with E-state index in [4.69, 9.17) is 0 Å². The first-order chi connectivity index (χ1) is 12.5. The fourth-order valence-electron chi connectivity index (χ4n) is 3.90. The van der Waals surface area contributed by atoms with Crippen molar-refractivity contribution in [2.75, 3.05) is 12.8 Å². The Morgan fingerprint density at radius 1 is 1.23 bits per heavy atom. The summed E-state index contributed by atoms with van der Waals surface area (Å²) < 4.78 is 11.5. The maximum Gasteiger partial charge on any atom is 0.254 e. The van der Waals surface area contributed by atoms with Gasteiger partial charge in [-0.15, -0.1) is 0 Å². The van der Waals surface area contributed by atoms with Crippen LogP contribution in [0.25, 0.3) is 10.9 Å². The maximum absolute atomic E-state index is 13.1. The van der Waals surface area contributed by atoms with Gasteiger partial charge in [-0.3, -0.25) is 9.00 Å². The zero-order chi connectivity index (χ0) is 18.3. The monoisotopic (exact) mass is 366 g/mol. The number of aromatic amines is 1. The Balaban J connectivity index is 1.65. The molecule has 0 fully saturated rings. The number of benzene rings is 2. The zero-order valence-corrected chi connectivity index (χ0v) is 15.8. The molecule has 0 radical (unpaired) electrons. The van der Waals surface area contributed by atoms with Crippen LogP contribution in [0.1, 0.15) is 40.1 Å². The first-order valence-corrected chi connectivity index (χ1v) is 10.6. The third-order valence-electron chi connectivity index (χ3n) is 5.14. The number of para-hydroxylation sites is 1. The zero-order valence-electron chi connectivity index (χ0n) is 15.0. The minimum Gasteiger partial charge on any atom is -0.356 e.